The zero-order valence-electron chi connectivity index (χ0n) is 7.92. The SMILES string of the molecule is Fc1cc(Br)ccc1Nc1cc(Br)ncn1. The van der Waals surface area contributed by atoms with Crippen LogP contribution in [0, 0.1) is 5.82 Å². The lowest BCUT2D eigenvalue weighted by Crippen LogP contribution is -1.96. The molecule has 0 bridgehead atoms. The summed E-state index contributed by atoms with van der Waals surface area (Å²) in [6.07, 6.45) is 1.39. The van der Waals surface area contributed by atoms with Crippen molar-refractivity contribution in [3.05, 3.63) is 45.5 Å². The van der Waals surface area contributed by atoms with Crippen LogP contribution < -0.4 is 5.32 Å². The summed E-state index contributed by atoms with van der Waals surface area (Å²) in [6.45, 7) is 0. The van der Waals surface area contributed by atoms with E-state index >= 15 is 0 Å². The maximum Gasteiger partial charge on any atom is 0.147 e. The monoisotopic (exact) mass is 345 g/mol. The van der Waals surface area contributed by atoms with Crippen molar-refractivity contribution in [3.63, 3.8) is 0 Å². The number of hydrogen-bond donors (Lipinski definition) is 1. The quantitative estimate of drug-likeness (QED) is 0.838. The lowest BCUT2D eigenvalue weighted by atomic mass is 10.3. The van der Waals surface area contributed by atoms with Crippen molar-refractivity contribution in [2.75, 3.05) is 5.32 Å². The van der Waals surface area contributed by atoms with Gasteiger partial charge in [0.25, 0.3) is 0 Å². The highest BCUT2D eigenvalue weighted by atomic mass is 79.9. The predicted octanol–water partition coefficient (Wildman–Crippen LogP) is 3.88. The fraction of sp³-hybridized carbons (Fsp3) is 0. The molecule has 1 heterocycles. The third kappa shape index (κ3) is 2.76. The molecule has 0 fully saturated rings. The number of anilines is 2. The normalized spacial score (nSPS) is 10.2. The van der Waals surface area contributed by atoms with E-state index in [4.69, 9.17) is 0 Å². The Morgan fingerprint density at radius 1 is 1.12 bits per heavy atom. The van der Waals surface area contributed by atoms with Gasteiger partial charge in [0.1, 0.15) is 22.6 Å². The van der Waals surface area contributed by atoms with Crippen molar-refractivity contribution in [2.24, 2.45) is 0 Å². The van der Waals surface area contributed by atoms with Crippen LogP contribution in [0.5, 0.6) is 0 Å². The van der Waals surface area contributed by atoms with E-state index in [0.29, 0.717) is 20.6 Å². The molecular formula is C10H6Br2FN3. The number of halogens is 3. The lowest BCUT2D eigenvalue weighted by molar-refractivity contribution is 0.631. The summed E-state index contributed by atoms with van der Waals surface area (Å²) in [5.41, 5.74) is 0.369. The van der Waals surface area contributed by atoms with E-state index < -0.39 is 0 Å². The smallest absolute Gasteiger partial charge is 0.147 e. The molecule has 82 valence electrons. The summed E-state index contributed by atoms with van der Waals surface area (Å²) in [4.78, 5) is 7.85. The van der Waals surface area contributed by atoms with E-state index in [1.165, 1.54) is 12.4 Å². The Kier molecular flexibility index (Phi) is 3.50. The summed E-state index contributed by atoms with van der Waals surface area (Å²) < 4.78 is 14.8. The van der Waals surface area contributed by atoms with E-state index in [1.54, 1.807) is 18.2 Å². The second-order valence-electron chi connectivity index (χ2n) is 2.98. The highest BCUT2D eigenvalue weighted by Crippen LogP contribution is 2.22. The second kappa shape index (κ2) is 4.88. The molecule has 0 aliphatic carbocycles. The van der Waals surface area contributed by atoms with Crippen molar-refractivity contribution in [3.8, 4) is 0 Å². The summed E-state index contributed by atoms with van der Waals surface area (Å²) in [5, 5.41) is 2.86. The minimum Gasteiger partial charge on any atom is -0.338 e. The van der Waals surface area contributed by atoms with Crippen molar-refractivity contribution in [2.45, 2.75) is 0 Å². The van der Waals surface area contributed by atoms with Crippen molar-refractivity contribution < 1.29 is 4.39 Å². The molecule has 0 spiro atoms. The first kappa shape index (κ1) is 11.5. The molecule has 0 aliphatic heterocycles. The van der Waals surface area contributed by atoms with Crippen LogP contribution >= 0.6 is 31.9 Å². The number of nitrogens with one attached hydrogen (secondary N) is 1. The van der Waals surface area contributed by atoms with Crippen LogP contribution in [0.1, 0.15) is 0 Å². The van der Waals surface area contributed by atoms with Gasteiger partial charge < -0.3 is 5.32 Å². The first-order valence-corrected chi connectivity index (χ1v) is 5.93. The number of aromatic nitrogens is 2. The van der Waals surface area contributed by atoms with Gasteiger partial charge in [-0.2, -0.15) is 0 Å². The van der Waals surface area contributed by atoms with Gasteiger partial charge in [-0.1, -0.05) is 15.9 Å². The minimum atomic E-state index is -0.343. The van der Waals surface area contributed by atoms with Gasteiger partial charge in [-0.25, -0.2) is 14.4 Å². The molecule has 3 nitrogen and oxygen atoms in total. The summed E-state index contributed by atoms with van der Waals surface area (Å²) in [6, 6.07) is 6.44. The van der Waals surface area contributed by atoms with E-state index in [2.05, 4.69) is 47.1 Å². The minimum absolute atomic E-state index is 0.343. The molecule has 0 radical (unpaired) electrons. The first-order chi connectivity index (χ1) is 7.65. The van der Waals surface area contributed by atoms with Crippen LogP contribution in [0.15, 0.2) is 39.7 Å². The number of nitrogens with zero attached hydrogens (tertiary/aromatic N) is 2. The molecule has 16 heavy (non-hydrogen) atoms. The molecule has 1 N–H and O–H groups in total. The van der Waals surface area contributed by atoms with Crippen molar-refractivity contribution >= 4 is 43.4 Å². The van der Waals surface area contributed by atoms with Crippen LogP contribution in [-0.2, 0) is 0 Å². The molecule has 0 amide bonds. The number of rotatable bonds is 2. The van der Waals surface area contributed by atoms with Crippen LogP contribution in [0.2, 0.25) is 0 Å². The molecular weight excluding hydrogens is 341 g/mol. The van der Waals surface area contributed by atoms with Gasteiger partial charge in [0.2, 0.25) is 0 Å². The zero-order valence-corrected chi connectivity index (χ0v) is 11.1. The highest BCUT2D eigenvalue weighted by molar-refractivity contribution is 9.10. The molecule has 1 aromatic carbocycles. The molecule has 0 unspecified atom stereocenters. The Morgan fingerprint density at radius 3 is 2.62 bits per heavy atom. The first-order valence-electron chi connectivity index (χ1n) is 4.35. The second-order valence-corrected chi connectivity index (χ2v) is 4.70. The van der Waals surface area contributed by atoms with Gasteiger partial charge in [-0.3, -0.25) is 0 Å². The molecule has 0 saturated carbocycles. The average molecular weight is 347 g/mol. The fourth-order valence-electron chi connectivity index (χ4n) is 1.13. The molecule has 6 heteroatoms. The van der Waals surface area contributed by atoms with Gasteiger partial charge in [0.15, 0.2) is 0 Å². The lowest BCUT2D eigenvalue weighted by Gasteiger charge is -2.06. The molecule has 1 aromatic heterocycles. The average Bonchev–Trinajstić information content (AvgIpc) is 2.22. The Balaban J connectivity index is 2.27. The van der Waals surface area contributed by atoms with Crippen LogP contribution in [0.4, 0.5) is 15.9 Å². The van der Waals surface area contributed by atoms with Crippen LogP contribution in [0.3, 0.4) is 0 Å². The van der Waals surface area contributed by atoms with Crippen LogP contribution in [0.25, 0.3) is 0 Å². The molecule has 0 saturated heterocycles. The van der Waals surface area contributed by atoms with E-state index in [0.717, 1.165) is 0 Å². The predicted molar refractivity (Wildman–Crippen MR) is 67.1 cm³/mol. The van der Waals surface area contributed by atoms with E-state index in [1.807, 2.05) is 0 Å². The largest absolute Gasteiger partial charge is 0.338 e. The molecule has 0 atom stereocenters. The van der Waals surface area contributed by atoms with Crippen LogP contribution in [-0.4, -0.2) is 9.97 Å². The standard InChI is InChI=1S/C10H6Br2FN3/c11-6-1-2-8(7(13)3-6)16-10-4-9(12)14-5-15-10/h1-5H,(H,14,15,16). The Hall–Kier alpha value is -1.01. The van der Waals surface area contributed by atoms with E-state index in [9.17, 15) is 4.39 Å². The fourth-order valence-corrected chi connectivity index (χ4v) is 1.77. The summed E-state index contributed by atoms with van der Waals surface area (Å²) in [7, 11) is 0. The molecule has 2 rings (SSSR count). The summed E-state index contributed by atoms with van der Waals surface area (Å²) in [5.74, 6) is 0.187. The van der Waals surface area contributed by atoms with E-state index in [-0.39, 0.29) is 5.82 Å². The Morgan fingerprint density at radius 2 is 1.94 bits per heavy atom. The number of benzene rings is 1. The Bertz CT molecular complexity index is 519. The van der Waals surface area contributed by atoms with Crippen molar-refractivity contribution in [1.29, 1.82) is 0 Å². The highest BCUT2D eigenvalue weighted by Gasteiger charge is 2.04. The third-order valence-electron chi connectivity index (χ3n) is 1.83. The van der Waals surface area contributed by atoms with Gasteiger partial charge in [-0.05, 0) is 34.1 Å². The topological polar surface area (TPSA) is 37.8 Å². The molecule has 2 aromatic rings. The zero-order chi connectivity index (χ0) is 11.5. The van der Waals surface area contributed by atoms with Gasteiger partial charge >= 0.3 is 0 Å². The van der Waals surface area contributed by atoms with Gasteiger partial charge in [0, 0.05) is 10.5 Å². The third-order valence-corrected chi connectivity index (χ3v) is 2.75. The van der Waals surface area contributed by atoms with Gasteiger partial charge in [0.05, 0.1) is 5.69 Å². The number of hydrogen-bond acceptors (Lipinski definition) is 3. The van der Waals surface area contributed by atoms with Crippen molar-refractivity contribution in [1.82, 2.24) is 9.97 Å². The summed E-state index contributed by atoms with van der Waals surface area (Å²) >= 11 is 6.41. The Labute approximate surface area is 108 Å². The maximum absolute atomic E-state index is 13.5. The molecule has 0 aliphatic rings. The van der Waals surface area contributed by atoms with Gasteiger partial charge in [-0.15, -0.1) is 0 Å². The maximum atomic E-state index is 13.5.